The van der Waals surface area contributed by atoms with Crippen molar-refractivity contribution in [1.82, 2.24) is 0 Å². The first-order chi connectivity index (χ1) is 7.43. The molecule has 16 heavy (non-hydrogen) atoms. The largest absolute Gasteiger partial charge is 0.385 e. The van der Waals surface area contributed by atoms with Crippen molar-refractivity contribution in [1.29, 1.82) is 0 Å². The normalized spacial score (nSPS) is 11.0. The minimum absolute atomic E-state index is 0.0288. The Labute approximate surface area is 97.2 Å². The van der Waals surface area contributed by atoms with Crippen LogP contribution in [0.3, 0.4) is 0 Å². The number of amides is 1. The number of nitrogens with one attached hydrogen (secondary N) is 2. The second-order valence-corrected chi connectivity index (χ2v) is 4.82. The van der Waals surface area contributed by atoms with E-state index in [1.807, 2.05) is 52.0 Å². The van der Waals surface area contributed by atoms with Gasteiger partial charge in [-0.15, -0.1) is 0 Å². The molecule has 88 valence electrons. The lowest BCUT2D eigenvalue weighted by Gasteiger charge is -2.18. The van der Waals surface area contributed by atoms with Gasteiger partial charge < -0.3 is 10.6 Å². The van der Waals surface area contributed by atoms with E-state index in [1.54, 1.807) is 0 Å². The Morgan fingerprint density at radius 2 is 1.88 bits per heavy atom. The number of carbonyl (C=O) groups excluding carboxylic acids is 1. The smallest absolute Gasteiger partial charge is 0.229 e. The van der Waals surface area contributed by atoms with Crippen LogP contribution in [-0.2, 0) is 4.79 Å². The van der Waals surface area contributed by atoms with E-state index in [-0.39, 0.29) is 11.3 Å². The van der Waals surface area contributed by atoms with Gasteiger partial charge in [0.25, 0.3) is 0 Å². The van der Waals surface area contributed by atoms with Crippen LogP contribution in [0.15, 0.2) is 24.3 Å². The maximum Gasteiger partial charge on any atom is 0.229 e. The molecule has 0 aromatic heterocycles. The van der Waals surface area contributed by atoms with Crippen LogP contribution in [0, 0.1) is 5.41 Å². The molecule has 0 bridgehead atoms. The molecule has 0 unspecified atom stereocenters. The average Bonchev–Trinajstić information content (AvgIpc) is 2.17. The zero-order valence-electron chi connectivity index (χ0n) is 10.4. The first kappa shape index (κ1) is 12.6. The van der Waals surface area contributed by atoms with E-state index in [2.05, 4.69) is 10.6 Å². The molecule has 1 amide bonds. The molecular formula is C13H20N2O. The molecule has 0 fully saturated rings. The molecule has 0 aliphatic heterocycles. The highest BCUT2D eigenvalue weighted by molar-refractivity contribution is 5.94. The summed E-state index contributed by atoms with van der Waals surface area (Å²) >= 11 is 0. The molecule has 0 heterocycles. The van der Waals surface area contributed by atoms with Crippen LogP contribution >= 0.6 is 0 Å². The SMILES string of the molecule is CCNc1cccc(NC(=O)C(C)(C)C)c1. The molecular weight excluding hydrogens is 200 g/mol. The van der Waals surface area contributed by atoms with Gasteiger partial charge in [0, 0.05) is 23.3 Å². The number of rotatable bonds is 3. The van der Waals surface area contributed by atoms with Crippen LogP contribution in [0.2, 0.25) is 0 Å². The minimum atomic E-state index is -0.367. The van der Waals surface area contributed by atoms with Gasteiger partial charge in [-0.1, -0.05) is 26.8 Å². The number of benzene rings is 1. The number of hydrogen-bond acceptors (Lipinski definition) is 2. The molecule has 1 rings (SSSR count). The monoisotopic (exact) mass is 220 g/mol. The number of anilines is 2. The fourth-order valence-electron chi connectivity index (χ4n) is 1.23. The highest BCUT2D eigenvalue weighted by Gasteiger charge is 2.20. The summed E-state index contributed by atoms with van der Waals surface area (Å²) in [6, 6.07) is 7.74. The highest BCUT2D eigenvalue weighted by Crippen LogP contribution is 2.19. The van der Waals surface area contributed by atoms with Crippen molar-refractivity contribution in [2.75, 3.05) is 17.2 Å². The first-order valence-electron chi connectivity index (χ1n) is 5.59. The molecule has 0 saturated carbocycles. The zero-order chi connectivity index (χ0) is 12.2. The predicted octanol–water partition coefficient (Wildman–Crippen LogP) is 3.10. The minimum Gasteiger partial charge on any atom is -0.385 e. The van der Waals surface area contributed by atoms with Gasteiger partial charge in [0.15, 0.2) is 0 Å². The van der Waals surface area contributed by atoms with E-state index in [0.29, 0.717) is 0 Å². The first-order valence-corrected chi connectivity index (χ1v) is 5.59. The Morgan fingerprint density at radius 1 is 1.25 bits per heavy atom. The molecule has 0 aliphatic rings. The van der Waals surface area contributed by atoms with Crippen LogP contribution in [0.5, 0.6) is 0 Å². The van der Waals surface area contributed by atoms with Crippen molar-refractivity contribution in [3.05, 3.63) is 24.3 Å². The molecule has 1 aromatic carbocycles. The third-order valence-electron chi connectivity index (χ3n) is 2.18. The van der Waals surface area contributed by atoms with Crippen molar-refractivity contribution in [2.45, 2.75) is 27.7 Å². The van der Waals surface area contributed by atoms with Crippen LogP contribution in [0.4, 0.5) is 11.4 Å². The summed E-state index contributed by atoms with van der Waals surface area (Å²) in [5.74, 6) is 0.0288. The van der Waals surface area contributed by atoms with Crippen LogP contribution in [0.25, 0.3) is 0 Å². The third kappa shape index (κ3) is 3.57. The van der Waals surface area contributed by atoms with Gasteiger partial charge in [-0.2, -0.15) is 0 Å². The molecule has 0 radical (unpaired) electrons. The molecule has 1 aromatic rings. The summed E-state index contributed by atoms with van der Waals surface area (Å²) in [5, 5.41) is 6.11. The summed E-state index contributed by atoms with van der Waals surface area (Å²) in [4.78, 5) is 11.8. The fourth-order valence-corrected chi connectivity index (χ4v) is 1.23. The molecule has 0 saturated heterocycles. The van der Waals surface area contributed by atoms with Gasteiger partial charge in [-0.05, 0) is 25.1 Å². The second kappa shape index (κ2) is 5.01. The lowest BCUT2D eigenvalue weighted by atomic mass is 9.95. The van der Waals surface area contributed by atoms with E-state index in [0.717, 1.165) is 17.9 Å². The zero-order valence-corrected chi connectivity index (χ0v) is 10.4. The van der Waals surface area contributed by atoms with E-state index in [9.17, 15) is 4.79 Å². The second-order valence-electron chi connectivity index (χ2n) is 4.82. The molecule has 2 N–H and O–H groups in total. The number of hydrogen-bond donors (Lipinski definition) is 2. The van der Waals surface area contributed by atoms with Gasteiger partial charge in [-0.25, -0.2) is 0 Å². The Balaban J connectivity index is 2.74. The Bertz CT molecular complexity index is 366. The summed E-state index contributed by atoms with van der Waals surface area (Å²) in [5.41, 5.74) is 1.49. The summed E-state index contributed by atoms with van der Waals surface area (Å²) in [6.07, 6.45) is 0. The lowest BCUT2D eigenvalue weighted by molar-refractivity contribution is -0.123. The van der Waals surface area contributed by atoms with Gasteiger partial charge in [0.2, 0.25) is 5.91 Å². The summed E-state index contributed by atoms with van der Waals surface area (Å²) in [6.45, 7) is 8.61. The van der Waals surface area contributed by atoms with E-state index in [4.69, 9.17) is 0 Å². The lowest BCUT2D eigenvalue weighted by Crippen LogP contribution is -2.27. The van der Waals surface area contributed by atoms with Crippen molar-refractivity contribution in [3.63, 3.8) is 0 Å². The van der Waals surface area contributed by atoms with Crippen LogP contribution in [0.1, 0.15) is 27.7 Å². The van der Waals surface area contributed by atoms with E-state index < -0.39 is 0 Å². The molecule has 0 atom stereocenters. The standard InChI is InChI=1S/C13H20N2O/c1-5-14-10-7-6-8-11(9-10)15-12(16)13(2,3)4/h6-9,14H,5H2,1-4H3,(H,15,16). The fraction of sp³-hybridized carbons (Fsp3) is 0.462. The topological polar surface area (TPSA) is 41.1 Å². The average molecular weight is 220 g/mol. The van der Waals surface area contributed by atoms with Crippen molar-refractivity contribution in [3.8, 4) is 0 Å². The Hall–Kier alpha value is -1.51. The van der Waals surface area contributed by atoms with Crippen molar-refractivity contribution in [2.24, 2.45) is 5.41 Å². The van der Waals surface area contributed by atoms with Crippen molar-refractivity contribution >= 4 is 17.3 Å². The molecule has 0 spiro atoms. The van der Waals surface area contributed by atoms with Gasteiger partial charge in [0.05, 0.1) is 0 Å². The third-order valence-corrected chi connectivity index (χ3v) is 2.18. The maximum atomic E-state index is 11.8. The van der Waals surface area contributed by atoms with Crippen LogP contribution in [-0.4, -0.2) is 12.5 Å². The summed E-state index contributed by atoms with van der Waals surface area (Å²) < 4.78 is 0. The Kier molecular flexibility index (Phi) is 3.93. The van der Waals surface area contributed by atoms with Crippen molar-refractivity contribution < 1.29 is 4.79 Å². The van der Waals surface area contributed by atoms with E-state index in [1.165, 1.54) is 0 Å². The van der Waals surface area contributed by atoms with Gasteiger partial charge >= 0.3 is 0 Å². The van der Waals surface area contributed by atoms with Gasteiger partial charge in [-0.3, -0.25) is 4.79 Å². The van der Waals surface area contributed by atoms with Crippen LogP contribution < -0.4 is 10.6 Å². The maximum absolute atomic E-state index is 11.8. The highest BCUT2D eigenvalue weighted by atomic mass is 16.2. The quantitative estimate of drug-likeness (QED) is 0.821. The number of carbonyl (C=O) groups is 1. The van der Waals surface area contributed by atoms with Gasteiger partial charge in [0.1, 0.15) is 0 Å². The molecule has 0 aliphatic carbocycles. The predicted molar refractivity (Wildman–Crippen MR) is 68.7 cm³/mol. The summed E-state index contributed by atoms with van der Waals surface area (Å²) in [7, 11) is 0. The Morgan fingerprint density at radius 3 is 2.44 bits per heavy atom. The molecule has 3 nitrogen and oxygen atoms in total. The van der Waals surface area contributed by atoms with E-state index >= 15 is 0 Å². The molecule has 3 heteroatoms.